The molecule has 4 rings (SSSR count). The number of nitrogens with zero attached hydrogens (tertiary/aromatic N) is 2. The van der Waals surface area contributed by atoms with Crippen LogP contribution in [0.4, 0.5) is 0 Å². The number of likely N-dealkylation sites (tertiary alicyclic amines) is 1. The molecule has 1 N–H and O–H groups in total. The van der Waals surface area contributed by atoms with Gasteiger partial charge in [-0.2, -0.15) is 0 Å². The van der Waals surface area contributed by atoms with E-state index in [1.54, 1.807) is 25.6 Å². The van der Waals surface area contributed by atoms with E-state index in [2.05, 4.69) is 28.4 Å². The van der Waals surface area contributed by atoms with E-state index < -0.39 is 0 Å². The Morgan fingerprint density at radius 1 is 1.16 bits per heavy atom. The number of rotatable bonds is 7. The Kier molecular flexibility index (Phi) is 6.73. The molecule has 6 nitrogen and oxygen atoms in total. The average Bonchev–Trinajstić information content (AvgIpc) is 3.26. The van der Waals surface area contributed by atoms with Crippen molar-refractivity contribution < 1.29 is 14.3 Å². The minimum absolute atomic E-state index is 0.0493. The fourth-order valence-corrected chi connectivity index (χ4v) is 5.23. The van der Waals surface area contributed by atoms with Gasteiger partial charge in [0.1, 0.15) is 0 Å². The van der Waals surface area contributed by atoms with Crippen LogP contribution in [0, 0.1) is 0 Å². The van der Waals surface area contributed by atoms with E-state index in [4.69, 9.17) is 14.5 Å². The maximum Gasteiger partial charge on any atom is 0.237 e. The lowest BCUT2D eigenvalue weighted by molar-refractivity contribution is -0.126. The number of hydrogen-bond donors (Lipinski definition) is 1. The van der Waals surface area contributed by atoms with Gasteiger partial charge in [0.15, 0.2) is 11.5 Å². The first-order valence-electron chi connectivity index (χ1n) is 10.7. The second-order valence-corrected chi connectivity index (χ2v) is 8.98. The van der Waals surface area contributed by atoms with E-state index in [-0.39, 0.29) is 11.9 Å². The zero-order valence-corrected chi connectivity index (χ0v) is 19.1. The van der Waals surface area contributed by atoms with Crippen molar-refractivity contribution in [3.8, 4) is 11.5 Å². The predicted molar refractivity (Wildman–Crippen MR) is 124 cm³/mol. The van der Waals surface area contributed by atoms with E-state index in [0.29, 0.717) is 24.0 Å². The minimum Gasteiger partial charge on any atom is -0.493 e. The van der Waals surface area contributed by atoms with Gasteiger partial charge in [0, 0.05) is 12.5 Å². The highest BCUT2D eigenvalue weighted by Crippen LogP contribution is 2.34. The number of aromatic nitrogens is 1. The lowest BCUT2D eigenvalue weighted by Crippen LogP contribution is -2.47. The number of carbonyl (C=O) groups excluding carboxylic acids is 1. The molecule has 1 aromatic heterocycles. The number of para-hydroxylation sites is 1. The Bertz CT molecular complexity index is 1010. The van der Waals surface area contributed by atoms with Gasteiger partial charge in [-0.15, -0.1) is 11.3 Å². The first-order chi connectivity index (χ1) is 15.1. The van der Waals surface area contributed by atoms with Crippen LogP contribution in [0.3, 0.4) is 0 Å². The summed E-state index contributed by atoms with van der Waals surface area (Å²) < 4.78 is 11.9. The molecule has 2 aromatic carbocycles. The smallest absolute Gasteiger partial charge is 0.237 e. The topological polar surface area (TPSA) is 63.7 Å². The van der Waals surface area contributed by atoms with Crippen LogP contribution >= 0.6 is 11.3 Å². The number of hydrogen-bond acceptors (Lipinski definition) is 6. The highest BCUT2D eigenvalue weighted by molar-refractivity contribution is 7.18. The van der Waals surface area contributed by atoms with Gasteiger partial charge in [-0.25, -0.2) is 4.98 Å². The number of carbonyl (C=O) groups is 1. The van der Waals surface area contributed by atoms with Gasteiger partial charge in [0.25, 0.3) is 0 Å². The van der Waals surface area contributed by atoms with Gasteiger partial charge in [0.05, 0.1) is 35.5 Å². The van der Waals surface area contributed by atoms with Crippen molar-refractivity contribution in [3.63, 3.8) is 0 Å². The summed E-state index contributed by atoms with van der Waals surface area (Å²) in [6.45, 7) is 4.27. The maximum atomic E-state index is 12.7. The third kappa shape index (κ3) is 4.83. The molecule has 0 bridgehead atoms. The number of nitrogens with one attached hydrogen (secondary N) is 1. The molecular weight excluding hydrogens is 410 g/mol. The van der Waals surface area contributed by atoms with Crippen LogP contribution in [0.15, 0.2) is 42.5 Å². The molecule has 0 radical (unpaired) electrons. The molecule has 1 aliphatic heterocycles. The Balaban J connectivity index is 1.30. The van der Waals surface area contributed by atoms with Gasteiger partial charge in [-0.1, -0.05) is 18.2 Å². The monoisotopic (exact) mass is 439 g/mol. The van der Waals surface area contributed by atoms with Gasteiger partial charge in [-0.3, -0.25) is 9.69 Å². The quantitative estimate of drug-likeness (QED) is 0.598. The Labute approximate surface area is 187 Å². The molecule has 3 aromatic rings. The fraction of sp³-hybridized carbons (Fsp3) is 0.417. The third-order valence-electron chi connectivity index (χ3n) is 6.03. The van der Waals surface area contributed by atoms with E-state index >= 15 is 0 Å². The molecule has 1 amide bonds. The summed E-state index contributed by atoms with van der Waals surface area (Å²) in [4.78, 5) is 19.8. The largest absolute Gasteiger partial charge is 0.493 e. The van der Waals surface area contributed by atoms with Crippen molar-refractivity contribution in [2.75, 3.05) is 27.3 Å². The summed E-state index contributed by atoms with van der Waals surface area (Å²) in [5.74, 6) is 1.88. The highest BCUT2D eigenvalue weighted by Gasteiger charge is 2.28. The summed E-state index contributed by atoms with van der Waals surface area (Å²) >= 11 is 1.80. The molecule has 0 aliphatic carbocycles. The number of benzene rings is 2. The number of fused-ring (bicyclic) bond motifs is 1. The van der Waals surface area contributed by atoms with Gasteiger partial charge >= 0.3 is 0 Å². The Morgan fingerprint density at radius 2 is 1.90 bits per heavy atom. The zero-order valence-electron chi connectivity index (χ0n) is 18.3. The standard InChI is InChI=1S/C24H29N3O3S/c1-16(23(28)25-15-17-8-9-20(29-2)21(14-17)30-3)27-12-10-18(11-13-27)24-26-19-6-4-5-7-22(19)31-24/h4-9,14,16,18H,10-13,15H2,1-3H3,(H,25,28)/t16-/m0/s1. The molecule has 1 atom stereocenters. The normalized spacial score (nSPS) is 16.2. The lowest BCUT2D eigenvalue weighted by atomic mass is 9.96. The van der Waals surface area contributed by atoms with E-state index in [1.807, 2.05) is 31.2 Å². The molecular formula is C24H29N3O3S. The number of ether oxygens (including phenoxy) is 2. The second kappa shape index (κ2) is 9.66. The molecule has 1 fully saturated rings. The molecule has 2 heterocycles. The number of amides is 1. The second-order valence-electron chi connectivity index (χ2n) is 7.91. The summed E-state index contributed by atoms with van der Waals surface area (Å²) in [5.41, 5.74) is 2.07. The molecule has 0 saturated carbocycles. The summed E-state index contributed by atoms with van der Waals surface area (Å²) in [5, 5.41) is 4.29. The summed E-state index contributed by atoms with van der Waals surface area (Å²) in [7, 11) is 3.22. The minimum atomic E-state index is -0.156. The predicted octanol–water partition coefficient (Wildman–Crippen LogP) is 4.20. The summed E-state index contributed by atoms with van der Waals surface area (Å²) in [6, 6.07) is 13.9. The molecule has 0 unspecified atom stereocenters. The molecule has 31 heavy (non-hydrogen) atoms. The first-order valence-corrected chi connectivity index (χ1v) is 11.5. The SMILES string of the molecule is COc1ccc(CNC(=O)[C@H](C)N2CCC(c3nc4ccccc4s3)CC2)cc1OC. The van der Waals surface area contributed by atoms with Crippen molar-refractivity contribution in [3.05, 3.63) is 53.0 Å². The van der Waals surface area contributed by atoms with Crippen molar-refractivity contribution in [2.24, 2.45) is 0 Å². The van der Waals surface area contributed by atoms with E-state index in [0.717, 1.165) is 37.0 Å². The number of methoxy groups -OCH3 is 2. The van der Waals surface area contributed by atoms with E-state index in [9.17, 15) is 4.79 Å². The number of thiazole rings is 1. The van der Waals surface area contributed by atoms with Gasteiger partial charge in [0.2, 0.25) is 5.91 Å². The highest BCUT2D eigenvalue weighted by atomic mass is 32.1. The molecule has 1 aliphatic rings. The lowest BCUT2D eigenvalue weighted by Gasteiger charge is -2.34. The van der Waals surface area contributed by atoms with Gasteiger partial charge < -0.3 is 14.8 Å². The Morgan fingerprint density at radius 3 is 2.61 bits per heavy atom. The summed E-state index contributed by atoms with van der Waals surface area (Å²) in [6.07, 6.45) is 2.07. The third-order valence-corrected chi connectivity index (χ3v) is 7.23. The van der Waals surface area contributed by atoms with Crippen LogP contribution in [0.1, 0.15) is 36.3 Å². The maximum absolute atomic E-state index is 12.7. The van der Waals surface area contributed by atoms with E-state index in [1.165, 1.54) is 9.71 Å². The van der Waals surface area contributed by atoms with Crippen molar-refractivity contribution >= 4 is 27.5 Å². The molecule has 164 valence electrons. The van der Waals surface area contributed by atoms with Crippen molar-refractivity contribution in [1.82, 2.24) is 15.2 Å². The van der Waals surface area contributed by atoms with Gasteiger partial charge in [-0.05, 0) is 62.7 Å². The van der Waals surface area contributed by atoms with Crippen molar-refractivity contribution in [1.29, 1.82) is 0 Å². The van der Waals surface area contributed by atoms with Crippen molar-refractivity contribution in [2.45, 2.75) is 38.3 Å². The Hall–Kier alpha value is -2.64. The fourth-order valence-electron chi connectivity index (χ4n) is 4.09. The molecule has 0 spiro atoms. The average molecular weight is 440 g/mol. The molecule has 7 heteroatoms. The van der Waals surface area contributed by atoms with Crippen LogP contribution in [0.2, 0.25) is 0 Å². The van der Waals surface area contributed by atoms with Crippen LogP contribution < -0.4 is 14.8 Å². The zero-order chi connectivity index (χ0) is 21.8. The molecule has 1 saturated heterocycles. The van der Waals surface area contributed by atoms with Crippen LogP contribution in [-0.2, 0) is 11.3 Å². The first kappa shape index (κ1) is 21.6. The number of piperidine rings is 1. The van der Waals surface area contributed by atoms with Crippen LogP contribution in [-0.4, -0.2) is 49.1 Å². The van der Waals surface area contributed by atoms with Crippen LogP contribution in [0.25, 0.3) is 10.2 Å². The van der Waals surface area contributed by atoms with Crippen LogP contribution in [0.5, 0.6) is 11.5 Å².